The van der Waals surface area contributed by atoms with Crippen LogP contribution >= 0.6 is 11.3 Å². The zero-order chi connectivity index (χ0) is 18.1. The number of nitrogens with zero attached hydrogens (tertiary/aromatic N) is 2. The molecule has 0 saturated carbocycles. The van der Waals surface area contributed by atoms with E-state index >= 15 is 0 Å². The summed E-state index contributed by atoms with van der Waals surface area (Å²) in [4.78, 5) is 21.5. The van der Waals surface area contributed by atoms with E-state index in [9.17, 15) is 4.79 Å². The number of benzene rings is 2. The number of para-hydroxylation sites is 1. The Bertz CT molecular complexity index is 1070. The zero-order valence-electron chi connectivity index (χ0n) is 14.5. The van der Waals surface area contributed by atoms with E-state index in [2.05, 4.69) is 21.4 Å². The third-order valence-corrected chi connectivity index (χ3v) is 5.26. The van der Waals surface area contributed by atoms with Gasteiger partial charge in [0.15, 0.2) is 0 Å². The highest BCUT2D eigenvalue weighted by molar-refractivity contribution is 7.21. The monoisotopic (exact) mass is 359 g/mol. The number of aryl methyl sites for hydroxylation is 2. The van der Waals surface area contributed by atoms with Crippen LogP contribution in [0.4, 0.5) is 5.82 Å². The van der Waals surface area contributed by atoms with E-state index in [-0.39, 0.29) is 5.91 Å². The Kier molecular flexibility index (Phi) is 4.22. The number of rotatable bonds is 3. The molecule has 0 aliphatic rings. The molecule has 4 aromatic rings. The highest BCUT2D eigenvalue weighted by atomic mass is 32.1. The summed E-state index contributed by atoms with van der Waals surface area (Å²) in [6.07, 6.45) is 1.75. The van der Waals surface area contributed by atoms with Crippen LogP contribution in [-0.2, 0) is 0 Å². The maximum absolute atomic E-state index is 12.5. The first kappa shape index (κ1) is 16.4. The normalized spacial score (nSPS) is 10.8. The van der Waals surface area contributed by atoms with Crippen molar-refractivity contribution in [3.8, 4) is 10.6 Å². The van der Waals surface area contributed by atoms with Crippen molar-refractivity contribution < 1.29 is 4.79 Å². The van der Waals surface area contributed by atoms with Gasteiger partial charge in [0.2, 0.25) is 0 Å². The third-order valence-electron chi connectivity index (χ3n) is 4.17. The quantitative estimate of drug-likeness (QED) is 0.545. The molecule has 1 amide bonds. The van der Waals surface area contributed by atoms with Crippen LogP contribution in [0.15, 0.2) is 60.8 Å². The summed E-state index contributed by atoms with van der Waals surface area (Å²) in [5.74, 6) is 0.377. The Hall–Kier alpha value is -3.05. The van der Waals surface area contributed by atoms with Crippen LogP contribution in [-0.4, -0.2) is 15.9 Å². The van der Waals surface area contributed by atoms with Crippen molar-refractivity contribution in [3.63, 3.8) is 0 Å². The van der Waals surface area contributed by atoms with Crippen molar-refractivity contribution in [2.75, 3.05) is 5.32 Å². The number of carbonyl (C=O) groups excluding carboxylic acids is 1. The van der Waals surface area contributed by atoms with Crippen LogP contribution in [0.2, 0.25) is 0 Å². The van der Waals surface area contributed by atoms with Crippen LogP contribution in [0.5, 0.6) is 0 Å². The summed E-state index contributed by atoms with van der Waals surface area (Å²) >= 11 is 1.63. The molecule has 0 saturated heterocycles. The van der Waals surface area contributed by atoms with Gasteiger partial charge >= 0.3 is 0 Å². The molecule has 1 N–H and O–H groups in total. The van der Waals surface area contributed by atoms with Crippen molar-refractivity contribution in [1.82, 2.24) is 9.97 Å². The molecule has 0 aliphatic carbocycles. The fourth-order valence-corrected chi connectivity index (χ4v) is 3.80. The van der Waals surface area contributed by atoms with E-state index in [0.29, 0.717) is 11.4 Å². The molecule has 5 heteroatoms. The van der Waals surface area contributed by atoms with E-state index in [0.717, 1.165) is 31.9 Å². The van der Waals surface area contributed by atoms with Gasteiger partial charge in [0.05, 0.1) is 10.2 Å². The molecule has 0 aliphatic heterocycles. The molecular formula is C21H17N3OS. The number of pyridine rings is 1. The SMILES string of the molecule is Cc1ccc(C(=O)Nc2ccc(-c3nc4ccccc4s3)cn2)c(C)c1. The van der Waals surface area contributed by atoms with Crippen LogP contribution in [0.25, 0.3) is 20.8 Å². The molecular weight excluding hydrogens is 342 g/mol. The second-order valence-corrected chi connectivity index (χ2v) is 7.22. The van der Waals surface area contributed by atoms with Gasteiger partial charge in [-0.1, -0.05) is 29.8 Å². The minimum atomic E-state index is -0.150. The van der Waals surface area contributed by atoms with Gasteiger partial charge in [0.25, 0.3) is 5.91 Å². The first-order chi connectivity index (χ1) is 12.6. The van der Waals surface area contributed by atoms with Crippen molar-refractivity contribution in [1.29, 1.82) is 0 Å². The Morgan fingerprint density at radius 3 is 2.62 bits per heavy atom. The van der Waals surface area contributed by atoms with Crippen LogP contribution in [0, 0.1) is 13.8 Å². The molecule has 128 valence electrons. The van der Waals surface area contributed by atoms with E-state index in [1.165, 1.54) is 0 Å². The maximum atomic E-state index is 12.5. The average molecular weight is 359 g/mol. The van der Waals surface area contributed by atoms with Crippen molar-refractivity contribution in [2.24, 2.45) is 0 Å². The van der Waals surface area contributed by atoms with Crippen LogP contribution in [0.3, 0.4) is 0 Å². The summed E-state index contributed by atoms with van der Waals surface area (Å²) in [5.41, 5.74) is 4.68. The van der Waals surface area contributed by atoms with Crippen LogP contribution in [0.1, 0.15) is 21.5 Å². The Morgan fingerprint density at radius 1 is 1.04 bits per heavy atom. The minimum Gasteiger partial charge on any atom is -0.307 e. The van der Waals surface area contributed by atoms with Gasteiger partial charge in [0, 0.05) is 17.3 Å². The van der Waals surface area contributed by atoms with Gasteiger partial charge in [-0.3, -0.25) is 4.79 Å². The standard InChI is InChI=1S/C21H17N3OS/c1-13-7-9-16(14(2)11-13)20(25)24-19-10-8-15(12-22-19)21-23-17-5-3-4-6-18(17)26-21/h3-12H,1-2H3,(H,22,24,25). The van der Waals surface area contributed by atoms with E-state index in [1.54, 1.807) is 17.5 Å². The summed E-state index contributed by atoms with van der Waals surface area (Å²) in [5, 5.41) is 3.78. The number of carbonyl (C=O) groups is 1. The topological polar surface area (TPSA) is 54.9 Å². The molecule has 0 radical (unpaired) electrons. The van der Waals surface area contributed by atoms with E-state index in [1.807, 2.05) is 62.4 Å². The molecule has 4 rings (SSSR count). The number of aromatic nitrogens is 2. The number of fused-ring (bicyclic) bond motifs is 1. The van der Waals surface area contributed by atoms with Gasteiger partial charge in [-0.15, -0.1) is 11.3 Å². The van der Waals surface area contributed by atoms with Gasteiger partial charge in [0.1, 0.15) is 10.8 Å². The van der Waals surface area contributed by atoms with Crippen molar-refractivity contribution in [3.05, 3.63) is 77.5 Å². The lowest BCUT2D eigenvalue weighted by molar-refractivity contribution is 0.102. The fourth-order valence-electron chi connectivity index (χ4n) is 2.84. The molecule has 0 atom stereocenters. The van der Waals surface area contributed by atoms with Gasteiger partial charge in [-0.2, -0.15) is 0 Å². The number of hydrogen-bond donors (Lipinski definition) is 1. The van der Waals surface area contributed by atoms with Gasteiger partial charge in [-0.05, 0) is 49.7 Å². The number of thiazole rings is 1. The van der Waals surface area contributed by atoms with E-state index < -0.39 is 0 Å². The molecule has 2 aromatic carbocycles. The fraction of sp³-hybridized carbons (Fsp3) is 0.0952. The average Bonchev–Trinajstić information content (AvgIpc) is 3.06. The molecule has 26 heavy (non-hydrogen) atoms. The molecule has 0 unspecified atom stereocenters. The summed E-state index contributed by atoms with van der Waals surface area (Å²) in [7, 11) is 0. The summed E-state index contributed by atoms with van der Waals surface area (Å²) < 4.78 is 1.15. The summed E-state index contributed by atoms with van der Waals surface area (Å²) in [6, 6.07) is 17.6. The summed E-state index contributed by atoms with van der Waals surface area (Å²) in [6.45, 7) is 3.95. The van der Waals surface area contributed by atoms with Gasteiger partial charge < -0.3 is 5.32 Å². The lowest BCUT2D eigenvalue weighted by atomic mass is 10.1. The first-order valence-electron chi connectivity index (χ1n) is 8.31. The number of nitrogens with one attached hydrogen (secondary N) is 1. The van der Waals surface area contributed by atoms with Crippen molar-refractivity contribution >= 4 is 33.3 Å². The van der Waals surface area contributed by atoms with E-state index in [4.69, 9.17) is 0 Å². The van der Waals surface area contributed by atoms with Crippen molar-refractivity contribution in [2.45, 2.75) is 13.8 Å². The molecule has 0 fully saturated rings. The number of anilines is 1. The number of amides is 1. The molecule has 0 spiro atoms. The molecule has 2 heterocycles. The third kappa shape index (κ3) is 3.21. The Balaban J connectivity index is 1.55. The second kappa shape index (κ2) is 6.69. The Morgan fingerprint density at radius 2 is 1.88 bits per heavy atom. The largest absolute Gasteiger partial charge is 0.307 e. The predicted molar refractivity (Wildman–Crippen MR) is 107 cm³/mol. The molecule has 0 bridgehead atoms. The smallest absolute Gasteiger partial charge is 0.257 e. The first-order valence-corrected chi connectivity index (χ1v) is 9.12. The maximum Gasteiger partial charge on any atom is 0.257 e. The Labute approximate surface area is 155 Å². The minimum absolute atomic E-state index is 0.150. The number of hydrogen-bond acceptors (Lipinski definition) is 4. The lowest BCUT2D eigenvalue weighted by Crippen LogP contribution is -2.14. The molecule has 4 nitrogen and oxygen atoms in total. The van der Waals surface area contributed by atoms with Gasteiger partial charge in [-0.25, -0.2) is 9.97 Å². The highest BCUT2D eigenvalue weighted by Crippen LogP contribution is 2.29. The van der Waals surface area contributed by atoms with Crippen LogP contribution < -0.4 is 5.32 Å². The second-order valence-electron chi connectivity index (χ2n) is 6.19. The predicted octanol–water partition coefficient (Wildman–Crippen LogP) is 5.23. The molecule has 2 aromatic heterocycles. The zero-order valence-corrected chi connectivity index (χ0v) is 15.3. The lowest BCUT2D eigenvalue weighted by Gasteiger charge is -2.08. The highest BCUT2D eigenvalue weighted by Gasteiger charge is 2.11.